The minimum Gasteiger partial charge on any atom is -0.352 e. The van der Waals surface area contributed by atoms with Gasteiger partial charge in [0.1, 0.15) is 6.33 Å². The van der Waals surface area contributed by atoms with Crippen LogP contribution in [0.15, 0.2) is 60.4 Å². The van der Waals surface area contributed by atoms with E-state index in [-0.39, 0.29) is 5.91 Å². The predicted octanol–water partition coefficient (Wildman–Crippen LogP) is 5.30. The second-order valence-electron chi connectivity index (χ2n) is 6.91. The Morgan fingerprint density at radius 1 is 1.19 bits per heavy atom. The Kier molecular flexibility index (Phi) is 5.26. The second kappa shape index (κ2) is 7.97. The Labute approximate surface area is 163 Å². The molecule has 0 unspecified atom stereocenters. The van der Waals surface area contributed by atoms with Crippen LogP contribution in [0.1, 0.15) is 42.5 Å². The van der Waals surface area contributed by atoms with Crippen LogP contribution in [-0.4, -0.2) is 22.0 Å². The summed E-state index contributed by atoms with van der Waals surface area (Å²) in [5.74, 6) is -0.0504. The first-order chi connectivity index (χ1) is 13.2. The molecule has 0 radical (unpaired) electrons. The maximum atomic E-state index is 12.5. The molecule has 1 aliphatic rings. The van der Waals surface area contributed by atoms with Gasteiger partial charge in [-0.15, -0.1) is 0 Å². The van der Waals surface area contributed by atoms with Crippen LogP contribution in [0.3, 0.4) is 0 Å². The number of rotatable bonds is 5. The van der Waals surface area contributed by atoms with Gasteiger partial charge in [0, 0.05) is 22.8 Å². The molecule has 0 bridgehead atoms. The number of hydrogen-bond acceptors (Lipinski definition) is 2. The van der Waals surface area contributed by atoms with Gasteiger partial charge in [0.2, 0.25) is 0 Å². The first-order valence-corrected chi connectivity index (χ1v) is 9.78. The van der Waals surface area contributed by atoms with Gasteiger partial charge in [-0.25, -0.2) is 4.98 Å². The van der Waals surface area contributed by atoms with E-state index in [0.29, 0.717) is 17.1 Å². The van der Waals surface area contributed by atoms with Crippen LogP contribution >= 0.6 is 11.6 Å². The lowest BCUT2D eigenvalue weighted by Crippen LogP contribution is -2.24. The minimum absolute atomic E-state index is 0.0504. The zero-order chi connectivity index (χ0) is 18.6. The molecule has 1 heterocycles. The molecule has 2 aromatic carbocycles. The van der Waals surface area contributed by atoms with Crippen molar-refractivity contribution in [2.24, 2.45) is 0 Å². The first-order valence-electron chi connectivity index (χ1n) is 9.40. The van der Waals surface area contributed by atoms with Crippen molar-refractivity contribution in [2.75, 3.05) is 6.54 Å². The van der Waals surface area contributed by atoms with E-state index < -0.39 is 0 Å². The van der Waals surface area contributed by atoms with Crippen molar-refractivity contribution in [1.29, 1.82) is 0 Å². The highest BCUT2D eigenvalue weighted by Crippen LogP contribution is 2.22. The highest BCUT2D eigenvalue weighted by molar-refractivity contribution is 6.30. The number of fused-ring (bicyclic) bond motifs is 1. The molecule has 0 saturated heterocycles. The van der Waals surface area contributed by atoms with Gasteiger partial charge in [-0.05, 0) is 68.5 Å². The molecule has 138 valence electrons. The van der Waals surface area contributed by atoms with Crippen molar-refractivity contribution >= 4 is 28.5 Å². The maximum absolute atomic E-state index is 12.5. The van der Waals surface area contributed by atoms with E-state index in [2.05, 4.69) is 16.4 Å². The fraction of sp³-hybridized carbons (Fsp3) is 0.273. The molecule has 1 aliphatic carbocycles. The van der Waals surface area contributed by atoms with Gasteiger partial charge >= 0.3 is 0 Å². The number of carbonyl (C=O) groups is 1. The van der Waals surface area contributed by atoms with E-state index in [1.54, 1.807) is 6.33 Å². The van der Waals surface area contributed by atoms with Crippen molar-refractivity contribution in [3.05, 3.63) is 71.0 Å². The molecule has 4 nitrogen and oxygen atoms in total. The molecule has 1 aromatic heterocycles. The third-order valence-electron chi connectivity index (χ3n) is 5.01. The highest BCUT2D eigenvalue weighted by atomic mass is 35.5. The van der Waals surface area contributed by atoms with E-state index in [1.807, 2.05) is 47.0 Å². The number of nitrogens with one attached hydrogen (secondary N) is 1. The Morgan fingerprint density at radius 2 is 2.11 bits per heavy atom. The molecule has 1 amide bonds. The normalized spacial score (nSPS) is 14.2. The number of nitrogens with zero attached hydrogens (tertiary/aromatic N) is 2. The monoisotopic (exact) mass is 379 g/mol. The van der Waals surface area contributed by atoms with E-state index >= 15 is 0 Å². The Morgan fingerprint density at radius 3 is 2.93 bits per heavy atom. The van der Waals surface area contributed by atoms with Crippen molar-refractivity contribution in [3.63, 3.8) is 0 Å². The summed E-state index contributed by atoms with van der Waals surface area (Å²) in [4.78, 5) is 16.9. The zero-order valence-corrected chi connectivity index (χ0v) is 15.9. The van der Waals surface area contributed by atoms with Crippen molar-refractivity contribution in [1.82, 2.24) is 14.9 Å². The van der Waals surface area contributed by atoms with Crippen molar-refractivity contribution < 1.29 is 4.79 Å². The van der Waals surface area contributed by atoms with Crippen molar-refractivity contribution in [3.8, 4) is 5.69 Å². The fourth-order valence-corrected chi connectivity index (χ4v) is 3.74. The number of hydrogen-bond donors (Lipinski definition) is 1. The summed E-state index contributed by atoms with van der Waals surface area (Å²) in [6.45, 7) is 0.680. The number of amides is 1. The standard InChI is InChI=1S/C22H22ClN3O/c23-18-7-4-8-19(14-18)26-15-25-20-13-17(9-10-21(20)26)22(27)24-12-11-16-5-2-1-3-6-16/h4-5,7-10,13-15H,1-3,6,11-12H2,(H,24,27). The molecule has 0 fully saturated rings. The lowest BCUT2D eigenvalue weighted by molar-refractivity contribution is 0.0954. The molecule has 4 rings (SSSR count). The van der Waals surface area contributed by atoms with Crippen LogP contribution in [0.4, 0.5) is 0 Å². The fourth-order valence-electron chi connectivity index (χ4n) is 3.56. The molecule has 0 spiro atoms. The first kappa shape index (κ1) is 17.8. The SMILES string of the molecule is O=C(NCCC1=CCCCC1)c1ccc2c(c1)ncn2-c1cccc(Cl)c1. The van der Waals surface area contributed by atoms with Crippen LogP contribution in [-0.2, 0) is 0 Å². The van der Waals surface area contributed by atoms with Crippen LogP contribution < -0.4 is 5.32 Å². The summed E-state index contributed by atoms with van der Waals surface area (Å²) in [6.07, 6.45) is 9.93. The molecule has 0 aliphatic heterocycles. The van der Waals surface area contributed by atoms with Gasteiger partial charge in [-0.1, -0.05) is 29.3 Å². The van der Waals surface area contributed by atoms with Gasteiger partial charge in [0.25, 0.3) is 5.91 Å². The van der Waals surface area contributed by atoms with Crippen LogP contribution in [0.25, 0.3) is 16.7 Å². The molecular formula is C22H22ClN3O. The maximum Gasteiger partial charge on any atom is 0.251 e. The number of aromatic nitrogens is 2. The van der Waals surface area contributed by atoms with Gasteiger partial charge in [-0.3, -0.25) is 9.36 Å². The van der Waals surface area contributed by atoms with E-state index in [9.17, 15) is 4.79 Å². The lowest BCUT2D eigenvalue weighted by atomic mass is 9.97. The number of halogens is 1. The average molecular weight is 380 g/mol. The third-order valence-corrected chi connectivity index (χ3v) is 5.25. The van der Waals surface area contributed by atoms with E-state index in [1.165, 1.54) is 31.3 Å². The topological polar surface area (TPSA) is 46.9 Å². The van der Waals surface area contributed by atoms with Gasteiger partial charge in [0.15, 0.2) is 0 Å². The number of imidazole rings is 1. The van der Waals surface area contributed by atoms with Crippen LogP contribution in [0.2, 0.25) is 5.02 Å². The van der Waals surface area contributed by atoms with Crippen molar-refractivity contribution in [2.45, 2.75) is 32.1 Å². The number of carbonyl (C=O) groups excluding carboxylic acids is 1. The summed E-state index contributed by atoms with van der Waals surface area (Å²) in [7, 11) is 0. The molecule has 5 heteroatoms. The molecule has 0 atom stereocenters. The smallest absolute Gasteiger partial charge is 0.251 e. The molecule has 0 saturated carbocycles. The van der Waals surface area contributed by atoms with E-state index in [4.69, 9.17) is 11.6 Å². The third kappa shape index (κ3) is 4.06. The largest absolute Gasteiger partial charge is 0.352 e. The van der Waals surface area contributed by atoms with Gasteiger partial charge in [-0.2, -0.15) is 0 Å². The number of benzene rings is 2. The summed E-state index contributed by atoms with van der Waals surface area (Å²) in [5.41, 5.74) is 4.79. The summed E-state index contributed by atoms with van der Waals surface area (Å²) >= 11 is 6.09. The summed E-state index contributed by atoms with van der Waals surface area (Å²) in [6, 6.07) is 13.2. The predicted molar refractivity (Wildman–Crippen MR) is 110 cm³/mol. The zero-order valence-electron chi connectivity index (χ0n) is 15.1. The lowest BCUT2D eigenvalue weighted by Gasteiger charge is -2.13. The molecule has 27 heavy (non-hydrogen) atoms. The average Bonchev–Trinajstić information content (AvgIpc) is 3.12. The minimum atomic E-state index is -0.0504. The Bertz CT molecular complexity index is 1010. The van der Waals surface area contributed by atoms with Gasteiger partial charge in [0.05, 0.1) is 11.0 Å². The molecule has 1 N–H and O–H groups in total. The Balaban J connectivity index is 1.47. The van der Waals surface area contributed by atoms with Crippen LogP contribution in [0.5, 0.6) is 0 Å². The highest BCUT2D eigenvalue weighted by Gasteiger charge is 2.11. The van der Waals surface area contributed by atoms with Crippen LogP contribution in [0, 0.1) is 0 Å². The second-order valence-corrected chi connectivity index (χ2v) is 7.35. The Hall–Kier alpha value is -2.59. The molecule has 3 aromatic rings. The quantitative estimate of drug-likeness (QED) is 0.611. The number of allylic oxidation sites excluding steroid dienone is 1. The van der Waals surface area contributed by atoms with E-state index in [0.717, 1.165) is 23.1 Å². The van der Waals surface area contributed by atoms with Gasteiger partial charge < -0.3 is 5.32 Å². The summed E-state index contributed by atoms with van der Waals surface area (Å²) in [5, 5.41) is 3.70. The summed E-state index contributed by atoms with van der Waals surface area (Å²) < 4.78 is 1.97. The molecular weight excluding hydrogens is 358 g/mol.